The van der Waals surface area contributed by atoms with E-state index in [2.05, 4.69) is 16.6 Å². The molecule has 0 aliphatic rings. The number of thioether (sulfide) groups is 1. The normalized spacial score (nSPS) is 9.55. The molecular weight excluding hydrogens is 160 g/mol. The van der Waals surface area contributed by atoms with Gasteiger partial charge in [-0.1, -0.05) is 0 Å². The molecule has 5 N–H and O–H groups in total. The van der Waals surface area contributed by atoms with Gasteiger partial charge in [-0.15, -0.1) is 0 Å². The molecule has 0 aromatic rings. The SMILES string of the molecule is CSCCNCCN=C(N)N. The highest BCUT2D eigenvalue weighted by molar-refractivity contribution is 7.98. The van der Waals surface area contributed by atoms with Crippen LogP contribution in [0.15, 0.2) is 4.99 Å². The smallest absolute Gasteiger partial charge is 0.185 e. The van der Waals surface area contributed by atoms with Gasteiger partial charge in [0.05, 0.1) is 6.54 Å². The molecule has 0 heterocycles. The zero-order valence-corrected chi connectivity index (χ0v) is 7.66. The number of rotatable bonds is 6. The Balaban J connectivity index is 2.97. The molecule has 4 nitrogen and oxygen atoms in total. The zero-order valence-electron chi connectivity index (χ0n) is 6.84. The molecule has 0 aliphatic carbocycles. The summed E-state index contributed by atoms with van der Waals surface area (Å²) in [5.74, 6) is 1.29. The minimum atomic E-state index is 0.164. The van der Waals surface area contributed by atoms with E-state index in [1.807, 2.05) is 11.8 Å². The molecule has 0 fully saturated rings. The molecule has 0 bridgehead atoms. The highest BCUT2D eigenvalue weighted by Gasteiger charge is 1.84. The summed E-state index contributed by atoms with van der Waals surface area (Å²) in [5, 5.41) is 3.20. The first-order valence-corrected chi connectivity index (χ1v) is 4.92. The lowest BCUT2D eigenvalue weighted by Gasteiger charge is -1.99. The number of nitrogens with two attached hydrogens (primary N) is 2. The van der Waals surface area contributed by atoms with Crippen LogP contribution in [0.4, 0.5) is 0 Å². The van der Waals surface area contributed by atoms with Crippen molar-refractivity contribution < 1.29 is 0 Å². The Hall–Kier alpha value is -0.420. The highest BCUT2D eigenvalue weighted by Crippen LogP contribution is 1.86. The van der Waals surface area contributed by atoms with Crippen LogP contribution in [0.3, 0.4) is 0 Å². The summed E-state index contributed by atoms with van der Waals surface area (Å²) < 4.78 is 0. The van der Waals surface area contributed by atoms with E-state index in [9.17, 15) is 0 Å². The number of hydrogen-bond acceptors (Lipinski definition) is 3. The topological polar surface area (TPSA) is 76.4 Å². The summed E-state index contributed by atoms with van der Waals surface area (Å²) in [6.45, 7) is 2.52. The van der Waals surface area contributed by atoms with Gasteiger partial charge in [-0.25, -0.2) is 0 Å². The maximum absolute atomic E-state index is 5.13. The quantitative estimate of drug-likeness (QED) is 0.282. The summed E-state index contributed by atoms with van der Waals surface area (Å²) in [4.78, 5) is 3.83. The summed E-state index contributed by atoms with van der Waals surface area (Å²) in [6.07, 6.45) is 2.08. The average Bonchev–Trinajstić information content (AvgIpc) is 1.96. The third-order valence-corrected chi connectivity index (χ3v) is 1.68. The lowest BCUT2D eigenvalue weighted by atomic mass is 10.6. The summed E-state index contributed by atoms with van der Waals surface area (Å²) >= 11 is 1.82. The molecule has 0 atom stereocenters. The predicted molar refractivity (Wildman–Crippen MR) is 51.9 cm³/mol. The first kappa shape index (κ1) is 10.6. The second-order valence-corrected chi connectivity index (χ2v) is 3.03. The second kappa shape index (κ2) is 7.68. The molecule has 0 rings (SSSR count). The van der Waals surface area contributed by atoms with Crippen molar-refractivity contribution in [1.29, 1.82) is 0 Å². The fourth-order valence-electron chi connectivity index (χ4n) is 0.563. The Morgan fingerprint density at radius 1 is 1.45 bits per heavy atom. The van der Waals surface area contributed by atoms with Crippen molar-refractivity contribution in [1.82, 2.24) is 5.32 Å². The van der Waals surface area contributed by atoms with Gasteiger partial charge in [0.2, 0.25) is 0 Å². The molecule has 0 aromatic carbocycles. The van der Waals surface area contributed by atoms with E-state index < -0.39 is 0 Å². The van der Waals surface area contributed by atoms with Crippen molar-refractivity contribution in [2.75, 3.05) is 31.6 Å². The minimum absolute atomic E-state index is 0.164. The van der Waals surface area contributed by atoms with Gasteiger partial charge in [0.1, 0.15) is 0 Å². The van der Waals surface area contributed by atoms with Gasteiger partial charge < -0.3 is 16.8 Å². The third-order valence-electron chi connectivity index (χ3n) is 1.07. The van der Waals surface area contributed by atoms with Gasteiger partial charge >= 0.3 is 0 Å². The molecule has 5 heteroatoms. The molecule has 11 heavy (non-hydrogen) atoms. The molecule has 0 saturated heterocycles. The molecule has 0 spiro atoms. The number of nitrogens with zero attached hydrogens (tertiary/aromatic N) is 1. The minimum Gasteiger partial charge on any atom is -0.370 e. The second-order valence-electron chi connectivity index (χ2n) is 2.05. The molecular formula is C6H16N4S. The van der Waals surface area contributed by atoms with E-state index in [0.29, 0.717) is 6.54 Å². The van der Waals surface area contributed by atoms with Crippen molar-refractivity contribution in [3.05, 3.63) is 0 Å². The number of nitrogens with one attached hydrogen (secondary N) is 1. The van der Waals surface area contributed by atoms with Gasteiger partial charge in [-0.2, -0.15) is 11.8 Å². The molecule has 0 radical (unpaired) electrons. The number of guanidine groups is 1. The van der Waals surface area contributed by atoms with Crippen LogP contribution < -0.4 is 16.8 Å². The van der Waals surface area contributed by atoms with Crippen molar-refractivity contribution in [2.45, 2.75) is 0 Å². The average molecular weight is 176 g/mol. The van der Waals surface area contributed by atoms with Crippen LogP contribution in [0, 0.1) is 0 Å². The first-order chi connectivity index (χ1) is 5.27. The van der Waals surface area contributed by atoms with Crippen LogP contribution in [0.5, 0.6) is 0 Å². The summed E-state index contributed by atoms with van der Waals surface area (Å²) in [7, 11) is 0. The Morgan fingerprint density at radius 3 is 2.73 bits per heavy atom. The largest absolute Gasteiger partial charge is 0.370 e. The number of hydrogen-bond donors (Lipinski definition) is 3. The van der Waals surface area contributed by atoms with E-state index in [1.165, 1.54) is 0 Å². The van der Waals surface area contributed by atoms with E-state index >= 15 is 0 Å². The van der Waals surface area contributed by atoms with Gasteiger partial charge in [0.25, 0.3) is 0 Å². The van der Waals surface area contributed by atoms with Crippen molar-refractivity contribution >= 4 is 17.7 Å². The van der Waals surface area contributed by atoms with Crippen LogP contribution in [-0.4, -0.2) is 37.6 Å². The Morgan fingerprint density at radius 2 is 2.18 bits per heavy atom. The molecule has 0 saturated carbocycles. The molecule has 0 amide bonds. The van der Waals surface area contributed by atoms with Crippen molar-refractivity contribution in [2.24, 2.45) is 16.5 Å². The maximum atomic E-state index is 5.13. The van der Waals surface area contributed by atoms with E-state index in [1.54, 1.807) is 0 Å². The molecule has 0 unspecified atom stereocenters. The maximum Gasteiger partial charge on any atom is 0.185 e. The Labute approximate surface area is 71.8 Å². The van der Waals surface area contributed by atoms with Gasteiger partial charge in [0.15, 0.2) is 5.96 Å². The van der Waals surface area contributed by atoms with Crippen LogP contribution in [0.25, 0.3) is 0 Å². The number of aliphatic imine (C=N–C) groups is 1. The van der Waals surface area contributed by atoms with E-state index in [-0.39, 0.29) is 5.96 Å². The van der Waals surface area contributed by atoms with Crippen LogP contribution in [0.2, 0.25) is 0 Å². The van der Waals surface area contributed by atoms with Gasteiger partial charge in [0, 0.05) is 18.8 Å². The molecule has 0 aromatic heterocycles. The molecule has 0 aliphatic heterocycles. The predicted octanol–water partition coefficient (Wildman–Crippen LogP) is -0.788. The molecule has 66 valence electrons. The van der Waals surface area contributed by atoms with Crippen LogP contribution in [-0.2, 0) is 0 Å². The lowest BCUT2D eigenvalue weighted by molar-refractivity contribution is 0.730. The van der Waals surface area contributed by atoms with Gasteiger partial charge in [-0.05, 0) is 6.26 Å². The van der Waals surface area contributed by atoms with Crippen LogP contribution in [0.1, 0.15) is 0 Å². The zero-order chi connectivity index (χ0) is 8.53. The first-order valence-electron chi connectivity index (χ1n) is 3.52. The van der Waals surface area contributed by atoms with Crippen molar-refractivity contribution in [3.8, 4) is 0 Å². The fourth-order valence-corrected chi connectivity index (χ4v) is 0.912. The monoisotopic (exact) mass is 176 g/mol. The van der Waals surface area contributed by atoms with Crippen LogP contribution >= 0.6 is 11.8 Å². The Kier molecular flexibility index (Phi) is 7.39. The highest BCUT2D eigenvalue weighted by atomic mass is 32.2. The Bertz CT molecular complexity index is 111. The van der Waals surface area contributed by atoms with Crippen molar-refractivity contribution in [3.63, 3.8) is 0 Å². The van der Waals surface area contributed by atoms with E-state index in [4.69, 9.17) is 11.5 Å². The summed E-state index contributed by atoms with van der Waals surface area (Å²) in [5.41, 5.74) is 10.3. The standard InChI is InChI=1S/C6H16N4S/c1-11-5-4-9-2-3-10-6(7)8/h9H,2-5H2,1H3,(H4,7,8,10). The summed E-state index contributed by atoms with van der Waals surface area (Å²) in [6, 6.07) is 0. The van der Waals surface area contributed by atoms with E-state index in [0.717, 1.165) is 18.8 Å². The van der Waals surface area contributed by atoms with Gasteiger partial charge in [-0.3, -0.25) is 4.99 Å². The fraction of sp³-hybridized carbons (Fsp3) is 0.833. The lowest BCUT2D eigenvalue weighted by Crippen LogP contribution is -2.26. The third kappa shape index (κ3) is 9.58.